The van der Waals surface area contributed by atoms with E-state index < -0.39 is 5.82 Å². The zero-order valence-electron chi connectivity index (χ0n) is 10.4. The molecule has 19 heavy (non-hydrogen) atoms. The van der Waals surface area contributed by atoms with E-state index in [4.69, 9.17) is 5.73 Å². The third-order valence-electron chi connectivity index (χ3n) is 3.59. The quantitative estimate of drug-likeness (QED) is 0.855. The maximum Gasteiger partial charge on any atom is 0.167 e. The van der Waals surface area contributed by atoms with E-state index >= 15 is 0 Å². The number of hydrogen-bond donors (Lipinski definition) is 2. The first-order valence-corrected chi connectivity index (χ1v) is 6.30. The van der Waals surface area contributed by atoms with Gasteiger partial charge in [-0.25, -0.2) is 4.39 Å². The minimum atomic E-state index is -0.402. The minimum Gasteiger partial charge on any atom is -0.507 e. The highest BCUT2D eigenvalue weighted by Crippen LogP contribution is 2.31. The van der Waals surface area contributed by atoms with E-state index in [1.165, 1.54) is 18.2 Å². The summed E-state index contributed by atoms with van der Waals surface area (Å²) in [4.78, 5) is 0. The Balaban J connectivity index is 2.03. The second-order valence-electron chi connectivity index (χ2n) is 4.85. The smallest absolute Gasteiger partial charge is 0.167 e. The molecule has 2 aromatic rings. The molecule has 6 heteroatoms. The van der Waals surface area contributed by atoms with E-state index in [-0.39, 0.29) is 5.75 Å². The number of nitrogens with two attached hydrogens (primary N) is 1. The van der Waals surface area contributed by atoms with Crippen LogP contribution in [0, 0.1) is 11.7 Å². The fourth-order valence-corrected chi connectivity index (χ4v) is 2.48. The average Bonchev–Trinajstić information content (AvgIpc) is 2.84. The van der Waals surface area contributed by atoms with Gasteiger partial charge in [-0.2, -0.15) is 0 Å². The van der Waals surface area contributed by atoms with E-state index in [2.05, 4.69) is 10.2 Å². The number of benzene rings is 1. The van der Waals surface area contributed by atoms with Crippen LogP contribution in [-0.2, 0) is 13.0 Å². The Kier molecular flexibility index (Phi) is 2.94. The van der Waals surface area contributed by atoms with Crippen LogP contribution in [0.5, 0.6) is 5.75 Å². The molecule has 0 spiro atoms. The van der Waals surface area contributed by atoms with Crippen LogP contribution in [0.25, 0.3) is 11.4 Å². The zero-order chi connectivity index (χ0) is 13.4. The molecule has 0 radical (unpaired) electrons. The fourth-order valence-electron chi connectivity index (χ4n) is 2.48. The monoisotopic (exact) mass is 262 g/mol. The van der Waals surface area contributed by atoms with Crippen molar-refractivity contribution in [3.63, 3.8) is 0 Å². The molecule has 1 atom stereocenters. The average molecular weight is 262 g/mol. The lowest BCUT2D eigenvalue weighted by Gasteiger charge is -2.22. The van der Waals surface area contributed by atoms with Gasteiger partial charge < -0.3 is 15.4 Å². The van der Waals surface area contributed by atoms with Gasteiger partial charge in [-0.15, -0.1) is 10.2 Å². The van der Waals surface area contributed by atoms with Gasteiger partial charge in [0.15, 0.2) is 5.82 Å². The van der Waals surface area contributed by atoms with Crippen molar-refractivity contribution in [1.29, 1.82) is 0 Å². The van der Waals surface area contributed by atoms with Gasteiger partial charge in [0.05, 0.1) is 5.56 Å². The van der Waals surface area contributed by atoms with Crippen LogP contribution in [0.4, 0.5) is 4.39 Å². The number of hydrogen-bond acceptors (Lipinski definition) is 4. The topological polar surface area (TPSA) is 77.0 Å². The maximum atomic E-state index is 13.3. The van der Waals surface area contributed by atoms with Crippen LogP contribution < -0.4 is 5.73 Å². The molecular formula is C13H15FN4O. The summed E-state index contributed by atoms with van der Waals surface area (Å²) < 4.78 is 15.2. The van der Waals surface area contributed by atoms with Crippen LogP contribution in [0.15, 0.2) is 18.2 Å². The number of aromatic nitrogens is 3. The summed E-state index contributed by atoms with van der Waals surface area (Å²) in [5, 5.41) is 18.0. The maximum absolute atomic E-state index is 13.3. The van der Waals surface area contributed by atoms with Gasteiger partial charge in [0.25, 0.3) is 0 Å². The number of phenolic OH excluding ortho intramolecular Hbond substituents is 1. The lowest BCUT2D eigenvalue weighted by molar-refractivity contribution is 0.391. The number of rotatable bonds is 2. The second-order valence-corrected chi connectivity index (χ2v) is 4.85. The van der Waals surface area contributed by atoms with E-state index in [0.717, 1.165) is 25.2 Å². The first kappa shape index (κ1) is 12.1. The molecular weight excluding hydrogens is 247 g/mol. The Bertz CT molecular complexity index is 611. The molecule has 0 bridgehead atoms. The summed E-state index contributed by atoms with van der Waals surface area (Å²) in [5.74, 6) is 1.40. The van der Waals surface area contributed by atoms with Crippen molar-refractivity contribution in [1.82, 2.24) is 14.8 Å². The molecule has 100 valence electrons. The lowest BCUT2D eigenvalue weighted by atomic mass is 9.98. The van der Waals surface area contributed by atoms with Gasteiger partial charge in [0.1, 0.15) is 17.4 Å². The highest BCUT2D eigenvalue weighted by molar-refractivity contribution is 5.64. The summed E-state index contributed by atoms with van der Waals surface area (Å²) in [6.45, 7) is 1.38. The standard InChI is InChI=1S/C13H15FN4O/c14-9-1-2-11(19)10(6-9)13-17-16-12-5-8(7-15)3-4-18(12)13/h1-2,6,8,19H,3-5,7,15H2. The number of fused-ring (bicyclic) bond motifs is 1. The summed E-state index contributed by atoms with van der Waals surface area (Å²) in [6, 6.07) is 3.83. The molecule has 2 heterocycles. The molecule has 0 amide bonds. The van der Waals surface area contributed by atoms with Gasteiger partial charge in [-0.1, -0.05) is 0 Å². The van der Waals surface area contributed by atoms with E-state index in [0.29, 0.717) is 23.9 Å². The summed E-state index contributed by atoms with van der Waals surface area (Å²) in [6.07, 6.45) is 1.73. The Morgan fingerprint density at radius 1 is 1.42 bits per heavy atom. The summed E-state index contributed by atoms with van der Waals surface area (Å²) >= 11 is 0. The van der Waals surface area contributed by atoms with Crippen LogP contribution >= 0.6 is 0 Å². The SMILES string of the molecule is NCC1CCn2c(nnc2-c2cc(F)ccc2O)C1. The van der Waals surface area contributed by atoms with Crippen molar-refractivity contribution in [3.05, 3.63) is 29.8 Å². The number of aromatic hydroxyl groups is 1. The van der Waals surface area contributed by atoms with Crippen molar-refractivity contribution >= 4 is 0 Å². The molecule has 0 saturated carbocycles. The zero-order valence-corrected chi connectivity index (χ0v) is 10.4. The van der Waals surface area contributed by atoms with Crippen molar-refractivity contribution in [2.24, 2.45) is 11.7 Å². The molecule has 1 aliphatic heterocycles. The van der Waals surface area contributed by atoms with Gasteiger partial charge >= 0.3 is 0 Å². The van der Waals surface area contributed by atoms with Gasteiger partial charge in [-0.05, 0) is 37.1 Å². The second kappa shape index (κ2) is 4.62. The predicted octanol–water partition coefficient (Wildman–Crippen LogP) is 1.31. The molecule has 5 nitrogen and oxygen atoms in total. The first-order chi connectivity index (χ1) is 9.19. The number of nitrogens with zero attached hydrogens (tertiary/aromatic N) is 3. The normalized spacial score (nSPS) is 18.3. The molecule has 1 aromatic heterocycles. The van der Waals surface area contributed by atoms with E-state index in [9.17, 15) is 9.50 Å². The summed E-state index contributed by atoms with van der Waals surface area (Å²) in [5.41, 5.74) is 6.05. The van der Waals surface area contributed by atoms with E-state index in [1.807, 2.05) is 4.57 Å². The number of halogens is 1. The van der Waals surface area contributed by atoms with Crippen molar-refractivity contribution < 1.29 is 9.50 Å². The highest BCUT2D eigenvalue weighted by atomic mass is 19.1. The Labute approximate surface area is 109 Å². The first-order valence-electron chi connectivity index (χ1n) is 6.30. The Morgan fingerprint density at radius 2 is 2.26 bits per heavy atom. The van der Waals surface area contributed by atoms with E-state index in [1.54, 1.807) is 0 Å². The summed E-state index contributed by atoms with van der Waals surface area (Å²) in [7, 11) is 0. The molecule has 1 aliphatic rings. The van der Waals surface area contributed by atoms with Crippen LogP contribution in [-0.4, -0.2) is 26.4 Å². The third-order valence-corrected chi connectivity index (χ3v) is 3.59. The molecule has 1 aromatic carbocycles. The van der Waals surface area contributed by atoms with Crippen LogP contribution in [0.3, 0.4) is 0 Å². The van der Waals surface area contributed by atoms with Crippen LogP contribution in [0.1, 0.15) is 12.2 Å². The fraction of sp³-hybridized carbons (Fsp3) is 0.385. The third kappa shape index (κ3) is 2.08. The number of phenols is 1. The highest BCUT2D eigenvalue weighted by Gasteiger charge is 2.23. The Hall–Kier alpha value is -1.95. The molecule has 3 rings (SSSR count). The predicted molar refractivity (Wildman–Crippen MR) is 67.9 cm³/mol. The Morgan fingerprint density at radius 3 is 3.05 bits per heavy atom. The van der Waals surface area contributed by atoms with Crippen molar-refractivity contribution in [2.45, 2.75) is 19.4 Å². The molecule has 0 saturated heterocycles. The molecule has 1 unspecified atom stereocenters. The molecule has 0 fully saturated rings. The minimum absolute atomic E-state index is 0.0116. The lowest BCUT2D eigenvalue weighted by Crippen LogP contribution is -2.25. The van der Waals surface area contributed by atoms with Gasteiger partial charge in [0.2, 0.25) is 0 Å². The largest absolute Gasteiger partial charge is 0.507 e. The molecule has 3 N–H and O–H groups in total. The van der Waals surface area contributed by atoms with Crippen molar-refractivity contribution in [3.8, 4) is 17.1 Å². The van der Waals surface area contributed by atoms with Gasteiger partial charge in [0, 0.05) is 13.0 Å². The molecule has 0 aliphatic carbocycles. The van der Waals surface area contributed by atoms with Crippen LogP contribution in [0.2, 0.25) is 0 Å². The van der Waals surface area contributed by atoms with Gasteiger partial charge in [-0.3, -0.25) is 0 Å². The van der Waals surface area contributed by atoms with Crippen molar-refractivity contribution in [2.75, 3.05) is 6.54 Å².